The molecule has 1 atom stereocenters. The average Bonchev–Trinajstić information content (AvgIpc) is 2.52. The van der Waals surface area contributed by atoms with Crippen LogP contribution in [0.1, 0.15) is 38.5 Å². The highest BCUT2D eigenvalue weighted by Crippen LogP contribution is 2.33. The van der Waals surface area contributed by atoms with Crippen molar-refractivity contribution in [3.63, 3.8) is 0 Å². The third kappa shape index (κ3) is 2.94. The predicted molar refractivity (Wildman–Crippen MR) is 67.1 cm³/mol. The Kier molecular flexibility index (Phi) is 5.69. The maximum atomic E-state index is 5.71. The Balaban J connectivity index is 2.82. The van der Waals surface area contributed by atoms with E-state index in [1.807, 2.05) is 0 Å². The number of hydrogen-bond acceptors (Lipinski definition) is 4. The predicted octanol–water partition coefficient (Wildman–Crippen LogP) is 1.12. The van der Waals surface area contributed by atoms with Crippen molar-refractivity contribution in [2.45, 2.75) is 50.1 Å². The lowest BCUT2D eigenvalue weighted by atomic mass is 9.82. The number of methoxy groups -OCH3 is 1. The highest BCUT2D eigenvalue weighted by molar-refractivity contribution is 4.99. The summed E-state index contributed by atoms with van der Waals surface area (Å²) in [4.78, 5) is 2.34. The molecule has 0 aliphatic heterocycles. The maximum Gasteiger partial charge on any atom is 0.0647 e. The van der Waals surface area contributed by atoms with Gasteiger partial charge in [-0.25, -0.2) is 0 Å². The van der Waals surface area contributed by atoms with Gasteiger partial charge in [0.15, 0.2) is 0 Å². The Labute approximate surface area is 99.5 Å². The monoisotopic (exact) mass is 229 g/mol. The van der Waals surface area contributed by atoms with E-state index in [0.717, 1.165) is 0 Å². The lowest BCUT2D eigenvalue weighted by Gasteiger charge is -2.45. The Morgan fingerprint density at radius 1 is 1.25 bits per heavy atom. The summed E-state index contributed by atoms with van der Waals surface area (Å²) in [7, 11) is 6.06. The molecule has 3 N–H and O–H groups in total. The van der Waals surface area contributed by atoms with Gasteiger partial charge >= 0.3 is 0 Å². The van der Waals surface area contributed by atoms with Crippen molar-refractivity contribution in [2.75, 3.05) is 27.8 Å². The second kappa shape index (κ2) is 6.55. The van der Waals surface area contributed by atoms with Gasteiger partial charge in [-0.05, 0) is 26.9 Å². The van der Waals surface area contributed by atoms with Gasteiger partial charge in [0, 0.05) is 12.6 Å². The molecule has 0 heterocycles. The molecule has 0 radical (unpaired) electrons. The smallest absolute Gasteiger partial charge is 0.0647 e. The van der Waals surface area contributed by atoms with E-state index >= 15 is 0 Å². The molecule has 0 aromatic carbocycles. The lowest BCUT2D eigenvalue weighted by Crippen LogP contribution is -2.62. The van der Waals surface area contributed by atoms with Crippen molar-refractivity contribution in [1.29, 1.82) is 0 Å². The summed E-state index contributed by atoms with van der Waals surface area (Å²) in [5, 5.41) is 0. The highest BCUT2D eigenvalue weighted by atomic mass is 16.5. The van der Waals surface area contributed by atoms with Crippen LogP contribution in [0.5, 0.6) is 0 Å². The normalized spacial score (nSPS) is 23.1. The fourth-order valence-electron chi connectivity index (χ4n) is 2.97. The molecule has 1 unspecified atom stereocenters. The van der Waals surface area contributed by atoms with Crippen molar-refractivity contribution in [3.05, 3.63) is 0 Å². The number of rotatable bonds is 5. The zero-order valence-electron chi connectivity index (χ0n) is 11.0. The molecule has 1 aliphatic rings. The average molecular weight is 229 g/mol. The quantitative estimate of drug-likeness (QED) is 0.421. The largest absolute Gasteiger partial charge is 0.383 e. The number of nitrogens with one attached hydrogen (secondary N) is 1. The molecular formula is C12H27N3O. The first-order valence-corrected chi connectivity index (χ1v) is 6.30. The van der Waals surface area contributed by atoms with Crippen molar-refractivity contribution in [2.24, 2.45) is 5.84 Å². The van der Waals surface area contributed by atoms with Crippen LogP contribution in [0.2, 0.25) is 0 Å². The van der Waals surface area contributed by atoms with Crippen molar-refractivity contribution >= 4 is 0 Å². The molecule has 16 heavy (non-hydrogen) atoms. The Morgan fingerprint density at radius 3 is 2.19 bits per heavy atom. The molecule has 0 aromatic heterocycles. The minimum atomic E-state index is 0.154. The molecule has 4 heteroatoms. The molecule has 96 valence electrons. The van der Waals surface area contributed by atoms with Crippen LogP contribution in [0.3, 0.4) is 0 Å². The van der Waals surface area contributed by atoms with E-state index in [1.54, 1.807) is 7.11 Å². The van der Waals surface area contributed by atoms with Crippen molar-refractivity contribution < 1.29 is 4.74 Å². The SMILES string of the molecule is COCC(NN)C1(N(C)C)CCCCCC1. The molecule has 4 nitrogen and oxygen atoms in total. The second-order valence-corrected chi connectivity index (χ2v) is 5.09. The number of hydrazine groups is 1. The van der Waals surface area contributed by atoms with Gasteiger partial charge in [-0.3, -0.25) is 11.3 Å². The molecule has 0 aromatic rings. The van der Waals surface area contributed by atoms with Crippen LogP contribution in [0.4, 0.5) is 0 Å². The fraction of sp³-hybridized carbons (Fsp3) is 1.00. The number of nitrogens with two attached hydrogens (primary N) is 1. The summed E-state index contributed by atoms with van der Waals surface area (Å²) < 4.78 is 5.29. The van der Waals surface area contributed by atoms with Gasteiger partial charge in [0.1, 0.15) is 0 Å². The summed E-state index contributed by atoms with van der Waals surface area (Å²) in [6, 6.07) is 0.214. The first kappa shape index (κ1) is 13.9. The standard InChI is InChI=1S/C12H27N3O/c1-15(2)12(11(14-13)10-16-3)8-6-4-5-7-9-12/h11,14H,4-10,13H2,1-3H3. The fourth-order valence-corrected chi connectivity index (χ4v) is 2.97. The van der Waals surface area contributed by atoms with E-state index in [2.05, 4.69) is 24.4 Å². The van der Waals surface area contributed by atoms with Gasteiger partial charge in [-0.1, -0.05) is 25.7 Å². The third-order valence-electron chi connectivity index (χ3n) is 4.04. The third-order valence-corrected chi connectivity index (χ3v) is 4.04. The lowest BCUT2D eigenvalue weighted by molar-refractivity contribution is 0.0359. The van der Waals surface area contributed by atoms with E-state index < -0.39 is 0 Å². The molecule has 0 spiro atoms. The number of ether oxygens (including phenoxy) is 1. The van der Waals surface area contributed by atoms with Gasteiger partial charge in [0.25, 0.3) is 0 Å². The van der Waals surface area contributed by atoms with E-state index in [4.69, 9.17) is 10.6 Å². The first-order chi connectivity index (χ1) is 7.67. The summed E-state index contributed by atoms with van der Waals surface area (Å²) in [5.74, 6) is 5.71. The first-order valence-electron chi connectivity index (χ1n) is 6.30. The van der Waals surface area contributed by atoms with Crippen LogP contribution in [0.25, 0.3) is 0 Å². The summed E-state index contributed by atoms with van der Waals surface area (Å²) in [6.07, 6.45) is 7.69. The molecule has 0 bridgehead atoms. The van der Waals surface area contributed by atoms with Crippen LogP contribution in [-0.4, -0.2) is 44.3 Å². The minimum absolute atomic E-state index is 0.154. The molecule has 1 fully saturated rings. The zero-order chi connectivity index (χ0) is 12.0. The van der Waals surface area contributed by atoms with Crippen LogP contribution in [-0.2, 0) is 4.74 Å². The molecule has 1 rings (SSSR count). The number of nitrogens with zero attached hydrogens (tertiary/aromatic N) is 1. The molecule has 1 saturated carbocycles. The molecular weight excluding hydrogens is 202 g/mol. The Morgan fingerprint density at radius 2 is 1.81 bits per heavy atom. The van der Waals surface area contributed by atoms with Crippen LogP contribution < -0.4 is 11.3 Å². The van der Waals surface area contributed by atoms with E-state index in [-0.39, 0.29) is 11.6 Å². The van der Waals surface area contributed by atoms with Gasteiger partial charge in [0.2, 0.25) is 0 Å². The zero-order valence-corrected chi connectivity index (χ0v) is 11.0. The van der Waals surface area contributed by atoms with Gasteiger partial charge < -0.3 is 9.64 Å². The second-order valence-electron chi connectivity index (χ2n) is 5.09. The number of likely N-dealkylation sites (N-methyl/N-ethyl adjacent to an activating group) is 1. The van der Waals surface area contributed by atoms with Gasteiger partial charge in [-0.15, -0.1) is 0 Å². The van der Waals surface area contributed by atoms with E-state index in [0.29, 0.717) is 6.61 Å². The molecule has 0 saturated heterocycles. The minimum Gasteiger partial charge on any atom is -0.383 e. The van der Waals surface area contributed by atoms with Crippen LogP contribution in [0, 0.1) is 0 Å². The summed E-state index contributed by atoms with van der Waals surface area (Å²) in [6.45, 7) is 0.675. The molecule has 1 aliphatic carbocycles. The Hall–Kier alpha value is -0.160. The van der Waals surface area contributed by atoms with Gasteiger partial charge in [0.05, 0.1) is 12.6 Å². The summed E-state index contributed by atoms with van der Waals surface area (Å²) in [5.41, 5.74) is 3.11. The maximum absolute atomic E-state index is 5.71. The highest BCUT2D eigenvalue weighted by Gasteiger charge is 2.40. The van der Waals surface area contributed by atoms with E-state index in [9.17, 15) is 0 Å². The van der Waals surface area contributed by atoms with Gasteiger partial charge in [-0.2, -0.15) is 0 Å². The van der Waals surface area contributed by atoms with Crippen molar-refractivity contribution in [3.8, 4) is 0 Å². The molecule has 0 amide bonds. The van der Waals surface area contributed by atoms with Crippen molar-refractivity contribution in [1.82, 2.24) is 10.3 Å². The van der Waals surface area contributed by atoms with Crippen LogP contribution in [0.15, 0.2) is 0 Å². The summed E-state index contributed by atoms with van der Waals surface area (Å²) >= 11 is 0. The Bertz CT molecular complexity index is 189. The number of hydrogen-bond donors (Lipinski definition) is 2. The van der Waals surface area contributed by atoms with E-state index in [1.165, 1.54) is 38.5 Å². The van der Waals surface area contributed by atoms with Crippen LogP contribution >= 0.6 is 0 Å². The topological polar surface area (TPSA) is 50.5 Å².